The van der Waals surface area contributed by atoms with Gasteiger partial charge in [0.2, 0.25) is 0 Å². The van der Waals surface area contributed by atoms with Gasteiger partial charge in [0, 0.05) is 26.2 Å². The Morgan fingerprint density at radius 1 is 1.04 bits per heavy atom. The number of nitrogens with zero attached hydrogens (tertiary/aromatic N) is 2. The van der Waals surface area contributed by atoms with Gasteiger partial charge in [-0.3, -0.25) is 4.99 Å². The molecule has 2 aliphatic rings. The summed E-state index contributed by atoms with van der Waals surface area (Å²) in [6.07, 6.45) is 12.6. The third kappa shape index (κ3) is 7.56. The lowest BCUT2D eigenvalue weighted by molar-refractivity contribution is 0.214. The van der Waals surface area contributed by atoms with Gasteiger partial charge >= 0.3 is 0 Å². The highest BCUT2D eigenvalue weighted by Crippen LogP contribution is 2.28. The van der Waals surface area contributed by atoms with E-state index in [2.05, 4.69) is 29.5 Å². The molecule has 0 bridgehead atoms. The van der Waals surface area contributed by atoms with Crippen molar-refractivity contribution in [3.05, 3.63) is 0 Å². The maximum Gasteiger partial charge on any atom is 0.191 e. The number of guanidine groups is 1. The predicted octanol–water partition coefficient (Wildman–Crippen LogP) is 3.24. The lowest BCUT2D eigenvalue weighted by atomic mass is 9.99. The van der Waals surface area contributed by atoms with Crippen molar-refractivity contribution >= 4 is 5.96 Å². The molecule has 23 heavy (non-hydrogen) atoms. The summed E-state index contributed by atoms with van der Waals surface area (Å²) in [5, 5.41) is 6.91. The van der Waals surface area contributed by atoms with Crippen molar-refractivity contribution in [2.75, 3.05) is 39.8 Å². The predicted molar refractivity (Wildman–Crippen MR) is 100 cm³/mol. The average Bonchev–Trinajstić information content (AvgIpc) is 3.05. The molecule has 4 heteroatoms. The normalized spacial score (nSPS) is 24.1. The molecular weight excluding hydrogens is 284 g/mol. The van der Waals surface area contributed by atoms with Crippen LogP contribution >= 0.6 is 0 Å². The second kappa shape index (κ2) is 10.9. The Morgan fingerprint density at radius 3 is 2.57 bits per heavy atom. The van der Waals surface area contributed by atoms with E-state index in [1.54, 1.807) is 0 Å². The standard InChI is InChI=1S/C19H38N4/c1-3-20-19(22-15-18-12-8-14-23(2)16-18)21-13-7-6-11-17-9-4-5-10-17/h17-18H,3-16H2,1-2H3,(H2,20,21,22). The first kappa shape index (κ1) is 18.6. The second-order valence-corrected chi connectivity index (χ2v) is 7.56. The average molecular weight is 323 g/mol. The van der Waals surface area contributed by atoms with Crippen LogP contribution in [0.2, 0.25) is 0 Å². The molecule has 4 nitrogen and oxygen atoms in total. The van der Waals surface area contributed by atoms with Crippen LogP contribution in [-0.2, 0) is 0 Å². The molecule has 0 aromatic heterocycles. The van der Waals surface area contributed by atoms with Crippen LogP contribution in [0.25, 0.3) is 0 Å². The SMILES string of the molecule is CCNC(=NCC1CCCN(C)C1)NCCCCC1CCCC1. The van der Waals surface area contributed by atoms with Crippen molar-refractivity contribution in [1.29, 1.82) is 0 Å². The van der Waals surface area contributed by atoms with E-state index in [1.165, 1.54) is 70.9 Å². The Morgan fingerprint density at radius 2 is 1.83 bits per heavy atom. The van der Waals surface area contributed by atoms with Crippen molar-refractivity contribution in [3.63, 3.8) is 0 Å². The topological polar surface area (TPSA) is 39.7 Å². The fourth-order valence-electron chi connectivity index (χ4n) is 4.05. The molecular formula is C19H38N4. The van der Waals surface area contributed by atoms with E-state index in [-0.39, 0.29) is 0 Å². The molecule has 2 rings (SSSR count). The summed E-state index contributed by atoms with van der Waals surface area (Å²) in [6, 6.07) is 0. The highest BCUT2D eigenvalue weighted by atomic mass is 15.2. The summed E-state index contributed by atoms with van der Waals surface area (Å²) in [6.45, 7) is 7.55. The number of likely N-dealkylation sites (tertiary alicyclic amines) is 1. The summed E-state index contributed by atoms with van der Waals surface area (Å²) in [5.41, 5.74) is 0. The molecule has 1 aliphatic heterocycles. The zero-order valence-electron chi connectivity index (χ0n) is 15.4. The van der Waals surface area contributed by atoms with Crippen molar-refractivity contribution in [3.8, 4) is 0 Å². The monoisotopic (exact) mass is 322 g/mol. The third-order valence-electron chi connectivity index (χ3n) is 5.38. The summed E-state index contributed by atoms with van der Waals surface area (Å²) < 4.78 is 0. The van der Waals surface area contributed by atoms with E-state index in [0.717, 1.165) is 37.4 Å². The van der Waals surface area contributed by atoms with E-state index >= 15 is 0 Å². The Hall–Kier alpha value is -0.770. The van der Waals surface area contributed by atoms with Gasteiger partial charge in [-0.15, -0.1) is 0 Å². The maximum absolute atomic E-state index is 4.81. The Bertz CT molecular complexity index is 336. The number of hydrogen-bond donors (Lipinski definition) is 2. The Labute approximate surface area is 143 Å². The zero-order valence-corrected chi connectivity index (χ0v) is 15.4. The minimum Gasteiger partial charge on any atom is -0.357 e. The molecule has 1 heterocycles. The highest BCUT2D eigenvalue weighted by molar-refractivity contribution is 5.79. The fraction of sp³-hybridized carbons (Fsp3) is 0.947. The largest absolute Gasteiger partial charge is 0.357 e. The first-order valence-corrected chi connectivity index (χ1v) is 9.98. The number of nitrogens with one attached hydrogen (secondary N) is 2. The molecule has 1 saturated carbocycles. The summed E-state index contributed by atoms with van der Waals surface area (Å²) in [5.74, 6) is 2.77. The smallest absolute Gasteiger partial charge is 0.191 e. The molecule has 134 valence electrons. The van der Waals surface area contributed by atoms with Crippen LogP contribution in [-0.4, -0.2) is 50.6 Å². The Kier molecular flexibility index (Phi) is 8.80. The first-order valence-electron chi connectivity index (χ1n) is 9.98. The van der Waals surface area contributed by atoms with Crippen molar-refractivity contribution in [2.24, 2.45) is 16.8 Å². The van der Waals surface area contributed by atoms with Gasteiger partial charge in [0.25, 0.3) is 0 Å². The minimum atomic E-state index is 0.728. The van der Waals surface area contributed by atoms with Crippen molar-refractivity contribution < 1.29 is 0 Å². The van der Waals surface area contributed by atoms with Gasteiger partial charge in [0.1, 0.15) is 0 Å². The Balaban J connectivity index is 1.60. The van der Waals surface area contributed by atoms with Crippen molar-refractivity contribution in [1.82, 2.24) is 15.5 Å². The number of unbranched alkanes of at least 4 members (excludes halogenated alkanes) is 1. The lowest BCUT2D eigenvalue weighted by Crippen LogP contribution is -2.39. The second-order valence-electron chi connectivity index (χ2n) is 7.56. The molecule has 0 aromatic carbocycles. The van der Waals surface area contributed by atoms with Crippen LogP contribution in [0.4, 0.5) is 0 Å². The molecule has 2 fully saturated rings. The van der Waals surface area contributed by atoms with Crippen LogP contribution in [0.3, 0.4) is 0 Å². The summed E-state index contributed by atoms with van der Waals surface area (Å²) >= 11 is 0. The van der Waals surface area contributed by atoms with E-state index in [9.17, 15) is 0 Å². The van der Waals surface area contributed by atoms with Gasteiger partial charge in [-0.1, -0.05) is 38.5 Å². The van der Waals surface area contributed by atoms with Gasteiger partial charge in [0.05, 0.1) is 0 Å². The lowest BCUT2D eigenvalue weighted by Gasteiger charge is -2.28. The third-order valence-corrected chi connectivity index (χ3v) is 5.38. The highest BCUT2D eigenvalue weighted by Gasteiger charge is 2.17. The van der Waals surface area contributed by atoms with E-state index < -0.39 is 0 Å². The summed E-state index contributed by atoms with van der Waals surface area (Å²) in [7, 11) is 2.23. The van der Waals surface area contributed by atoms with Crippen LogP contribution in [0.15, 0.2) is 4.99 Å². The molecule has 1 atom stereocenters. The van der Waals surface area contributed by atoms with Gasteiger partial charge < -0.3 is 15.5 Å². The van der Waals surface area contributed by atoms with E-state index in [1.807, 2.05) is 0 Å². The molecule has 1 saturated heterocycles. The molecule has 1 aliphatic carbocycles. The molecule has 0 aromatic rings. The molecule has 2 N–H and O–H groups in total. The minimum absolute atomic E-state index is 0.728. The molecule has 0 radical (unpaired) electrons. The summed E-state index contributed by atoms with van der Waals surface area (Å²) in [4.78, 5) is 7.25. The number of hydrogen-bond acceptors (Lipinski definition) is 2. The quantitative estimate of drug-likeness (QED) is 0.409. The van der Waals surface area contributed by atoms with Crippen LogP contribution in [0, 0.1) is 11.8 Å². The van der Waals surface area contributed by atoms with Crippen LogP contribution < -0.4 is 10.6 Å². The number of aliphatic imine (C=N–C) groups is 1. The number of rotatable bonds is 8. The first-order chi connectivity index (χ1) is 11.3. The van der Waals surface area contributed by atoms with Crippen molar-refractivity contribution in [2.45, 2.75) is 64.7 Å². The van der Waals surface area contributed by atoms with Gasteiger partial charge in [-0.25, -0.2) is 0 Å². The molecule has 0 amide bonds. The van der Waals surface area contributed by atoms with Crippen LogP contribution in [0.5, 0.6) is 0 Å². The van der Waals surface area contributed by atoms with Gasteiger partial charge in [0.15, 0.2) is 5.96 Å². The molecule has 0 spiro atoms. The maximum atomic E-state index is 4.81. The van der Waals surface area contributed by atoms with Crippen LogP contribution in [0.1, 0.15) is 64.7 Å². The van der Waals surface area contributed by atoms with Gasteiger partial charge in [-0.2, -0.15) is 0 Å². The zero-order chi connectivity index (χ0) is 16.3. The van der Waals surface area contributed by atoms with Gasteiger partial charge in [-0.05, 0) is 51.6 Å². The molecule has 1 unspecified atom stereocenters. The van der Waals surface area contributed by atoms with E-state index in [0.29, 0.717) is 0 Å². The number of piperidine rings is 1. The van der Waals surface area contributed by atoms with E-state index in [4.69, 9.17) is 4.99 Å². The fourth-order valence-corrected chi connectivity index (χ4v) is 4.05.